The summed E-state index contributed by atoms with van der Waals surface area (Å²) in [5.74, 6) is -3.20. The second-order valence-corrected chi connectivity index (χ2v) is 8.02. The molecule has 2 heterocycles. The molecule has 2 aliphatic heterocycles. The summed E-state index contributed by atoms with van der Waals surface area (Å²) in [5, 5.41) is 2.49. The normalized spacial score (nSPS) is 19.3. The van der Waals surface area contributed by atoms with Gasteiger partial charge in [-0.05, 0) is 29.8 Å². The third-order valence-electron chi connectivity index (χ3n) is 6.10. The lowest BCUT2D eigenvalue weighted by molar-refractivity contribution is -0.129. The summed E-state index contributed by atoms with van der Waals surface area (Å²) in [6.07, 6.45) is 0.0691. The third kappa shape index (κ3) is 3.26. The molecule has 0 aliphatic carbocycles. The van der Waals surface area contributed by atoms with Crippen LogP contribution in [-0.4, -0.2) is 28.3 Å². The number of benzene rings is 3. The van der Waals surface area contributed by atoms with Gasteiger partial charge < -0.3 is 10.2 Å². The van der Waals surface area contributed by atoms with Crippen molar-refractivity contribution in [1.29, 1.82) is 0 Å². The molecular weight excluding hydrogens is 428 g/mol. The Labute approximate surface area is 188 Å². The zero-order valence-corrected chi connectivity index (χ0v) is 17.4. The lowest BCUT2D eigenvalue weighted by atomic mass is 9.94. The highest BCUT2D eigenvalue weighted by Crippen LogP contribution is 2.45. The van der Waals surface area contributed by atoms with Gasteiger partial charge in [-0.2, -0.15) is 0 Å². The van der Waals surface area contributed by atoms with Gasteiger partial charge in [0, 0.05) is 25.5 Å². The van der Waals surface area contributed by atoms with E-state index in [1.165, 1.54) is 9.80 Å². The molecule has 1 atom stereocenters. The second kappa shape index (κ2) is 7.81. The van der Waals surface area contributed by atoms with E-state index in [0.717, 1.165) is 17.7 Å². The van der Waals surface area contributed by atoms with Gasteiger partial charge in [-0.15, -0.1) is 0 Å². The van der Waals surface area contributed by atoms with Gasteiger partial charge in [-0.1, -0.05) is 42.5 Å². The molecule has 1 saturated heterocycles. The highest BCUT2D eigenvalue weighted by molar-refractivity contribution is 6.18. The topological polar surface area (TPSA) is 69.7 Å². The first kappa shape index (κ1) is 20.8. The van der Waals surface area contributed by atoms with Crippen molar-refractivity contribution in [1.82, 2.24) is 4.90 Å². The molecule has 0 radical (unpaired) electrons. The fraction of sp³-hybridized carbons (Fsp3) is 0.160. The smallest absolute Gasteiger partial charge is 0.271 e. The van der Waals surface area contributed by atoms with Crippen molar-refractivity contribution in [2.45, 2.75) is 25.0 Å². The predicted molar refractivity (Wildman–Crippen MR) is 117 cm³/mol. The molecule has 5 rings (SSSR count). The number of carbonyl (C=O) groups excluding carboxylic acids is 3. The van der Waals surface area contributed by atoms with E-state index in [1.54, 1.807) is 24.3 Å². The Morgan fingerprint density at radius 1 is 0.970 bits per heavy atom. The summed E-state index contributed by atoms with van der Waals surface area (Å²) in [7, 11) is 0. The number of rotatable bonds is 4. The number of amides is 3. The summed E-state index contributed by atoms with van der Waals surface area (Å²) < 4.78 is 27.7. The fourth-order valence-electron chi connectivity index (χ4n) is 4.58. The molecule has 1 N–H and O–H groups in total. The molecule has 3 aromatic carbocycles. The number of hydrogen-bond donors (Lipinski definition) is 1. The van der Waals surface area contributed by atoms with Gasteiger partial charge in [0.25, 0.3) is 11.8 Å². The molecule has 2 aliphatic rings. The van der Waals surface area contributed by atoms with E-state index in [4.69, 9.17) is 0 Å². The van der Waals surface area contributed by atoms with Crippen LogP contribution in [0.15, 0.2) is 72.8 Å². The van der Waals surface area contributed by atoms with E-state index in [2.05, 4.69) is 5.32 Å². The van der Waals surface area contributed by atoms with Crippen molar-refractivity contribution in [2.75, 3.05) is 10.2 Å². The van der Waals surface area contributed by atoms with Crippen molar-refractivity contribution in [3.63, 3.8) is 0 Å². The minimum absolute atomic E-state index is 0.0340. The van der Waals surface area contributed by atoms with Crippen LogP contribution in [0.25, 0.3) is 0 Å². The maximum atomic E-state index is 14.3. The maximum Gasteiger partial charge on any atom is 0.271 e. The summed E-state index contributed by atoms with van der Waals surface area (Å²) in [6, 6.07) is 18.5. The first-order valence-corrected chi connectivity index (χ1v) is 10.5. The number of carbonyl (C=O) groups is 3. The lowest BCUT2D eigenvalue weighted by Crippen LogP contribution is -2.69. The van der Waals surface area contributed by atoms with Crippen LogP contribution in [0.2, 0.25) is 0 Å². The second-order valence-electron chi connectivity index (χ2n) is 8.02. The Hall–Kier alpha value is -4.07. The Morgan fingerprint density at radius 2 is 1.70 bits per heavy atom. The van der Waals surface area contributed by atoms with Gasteiger partial charge in [-0.3, -0.25) is 19.3 Å². The summed E-state index contributed by atoms with van der Waals surface area (Å²) in [6.45, 7) is 0.0666. The number of nitrogens with zero attached hydrogens (tertiary/aromatic N) is 2. The SMILES string of the molecule is O=C1c2ccccc2N2C(=O)CCC2(C(=O)Nc2ccc(F)cc2F)N1Cc1ccccc1. The molecule has 33 heavy (non-hydrogen) atoms. The van der Waals surface area contributed by atoms with Gasteiger partial charge in [0.15, 0.2) is 0 Å². The minimum Gasteiger partial charge on any atom is -0.320 e. The van der Waals surface area contributed by atoms with E-state index >= 15 is 0 Å². The highest BCUT2D eigenvalue weighted by Gasteiger charge is 2.60. The van der Waals surface area contributed by atoms with Gasteiger partial charge in [0.1, 0.15) is 11.6 Å². The van der Waals surface area contributed by atoms with Crippen molar-refractivity contribution in [2.24, 2.45) is 0 Å². The summed E-state index contributed by atoms with van der Waals surface area (Å²) in [4.78, 5) is 43.1. The Balaban J connectivity index is 1.65. The van der Waals surface area contributed by atoms with E-state index in [0.29, 0.717) is 17.3 Å². The zero-order valence-electron chi connectivity index (χ0n) is 17.4. The maximum absolute atomic E-state index is 14.3. The molecule has 1 unspecified atom stereocenters. The molecule has 8 heteroatoms. The van der Waals surface area contributed by atoms with Gasteiger partial charge in [-0.25, -0.2) is 8.78 Å². The average molecular weight is 447 g/mol. The van der Waals surface area contributed by atoms with Gasteiger partial charge in [0.2, 0.25) is 11.6 Å². The highest BCUT2D eigenvalue weighted by atomic mass is 19.1. The molecule has 0 aromatic heterocycles. The molecule has 6 nitrogen and oxygen atoms in total. The van der Waals surface area contributed by atoms with Gasteiger partial charge >= 0.3 is 0 Å². The van der Waals surface area contributed by atoms with Crippen LogP contribution in [-0.2, 0) is 16.1 Å². The number of hydrogen-bond acceptors (Lipinski definition) is 3. The van der Waals surface area contributed by atoms with Gasteiger partial charge in [0.05, 0.1) is 16.9 Å². The van der Waals surface area contributed by atoms with E-state index in [9.17, 15) is 23.2 Å². The summed E-state index contributed by atoms with van der Waals surface area (Å²) >= 11 is 0. The number of halogens is 2. The van der Waals surface area contributed by atoms with Crippen LogP contribution < -0.4 is 10.2 Å². The Bertz CT molecular complexity index is 1280. The molecule has 0 saturated carbocycles. The number of fused-ring (bicyclic) bond motifs is 3. The van der Waals surface area contributed by atoms with Crippen LogP contribution in [0.3, 0.4) is 0 Å². The van der Waals surface area contributed by atoms with Crippen molar-refractivity contribution in [3.8, 4) is 0 Å². The van der Waals surface area contributed by atoms with E-state index < -0.39 is 29.1 Å². The average Bonchev–Trinajstić information content (AvgIpc) is 3.17. The van der Waals surface area contributed by atoms with Crippen LogP contribution in [0, 0.1) is 11.6 Å². The molecular formula is C25H19F2N3O3. The zero-order chi connectivity index (χ0) is 23.2. The van der Waals surface area contributed by atoms with Crippen molar-refractivity contribution < 1.29 is 23.2 Å². The Morgan fingerprint density at radius 3 is 2.45 bits per heavy atom. The molecule has 3 amide bonds. The van der Waals surface area contributed by atoms with Crippen LogP contribution in [0.5, 0.6) is 0 Å². The molecule has 0 spiro atoms. The third-order valence-corrected chi connectivity index (χ3v) is 6.10. The number of anilines is 2. The van der Waals surface area contributed by atoms with Crippen LogP contribution >= 0.6 is 0 Å². The predicted octanol–water partition coefficient (Wildman–Crippen LogP) is 4.08. The standard InChI is InChI=1S/C25H19F2N3O3/c26-17-10-11-20(19(27)14-17)28-24(33)25-13-12-22(31)30(25)21-9-5-4-8-18(21)23(32)29(25)15-16-6-2-1-3-7-16/h1-11,14H,12-13,15H2,(H,28,33). The molecule has 3 aromatic rings. The fourth-order valence-corrected chi connectivity index (χ4v) is 4.58. The van der Waals surface area contributed by atoms with Crippen molar-refractivity contribution in [3.05, 3.63) is 95.6 Å². The van der Waals surface area contributed by atoms with E-state index in [-0.39, 0.29) is 31.0 Å². The summed E-state index contributed by atoms with van der Waals surface area (Å²) in [5.41, 5.74) is -0.519. The monoisotopic (exact) mass is 447 g/mol. The van der Waals surface area contributed by atoms with Crippen molar-refractivity contribution >= 4 is 29.1 Å². The van der Waals surface area contributed by atoms with Crippen LogP contribution in [0.4, 0.5) is 20.2 Å². The molecule has 166 valence electrons. The first-order chi connectivity index (χ1) is 15.9. The Kier molecular flexibility index (Phi) is 4.92. The molecule has 1 fully saturated rings. The molecule has 0 bridgehead atoms. The number of nitrogens with one attached hydrogen (secondary N) is 1. The quantitative estimate of drug-likeness (QED) is 0.655. The largest absolute Gasteiger partial charge is 0.320 e. The lowest BCUT2D eigenvalue weighted by Gasteiger charge is -2.49. The van der Waals surface area contributed by atoms with E-state index in [1.807, 2.05) is 30.3 Å². The minimum atomic E-state index is -1.70. The van der Waals surface area contributed by atoms with Crippen LogP contribution in [0.1, 0.15) is 28.8 Å². The number of para-hydroxylation sites is 1. The first-order valence-electron chi connectivity index (χ1n) is 10.5.